The quantitative estimate of drug-likeness (QED) is 0.457. The van der Waals surface area contributed by atoms with Crippen molar-refractivity contribution in [3.8, 4) is 16.9 Å². The molecule has 32 heavy (non-hydrogen) atoms. The van der Waals surface area contributed by atoms with E-state index in [2.05, 4.69) is 15.9 Å². The summed E-state index contributed by atoms with van der Waals surface area (Å²) in [6, 6.07) is 16.6. The highest BCUT2D eigenvalue weighted by Gasteiger charge is 2.28. The lowest BCUT2D eigenvalue weighted by Gasteiger charge is -2.31. The van der Waals surface area contributed by atoms with E-state index in [0.717, 1.165) is 12.0 Å². The maximum Gasteiger partial charge on any atom is 0.253 e. The van der Waals surface area contributed by atoms with Gasteiger partial charge in [-0.05, 0) is 57.7 Å². The molecular weight excluding hydrogens is 497 g/mol. The molecule has 5 nitrogen and oxygen atoms in total. The van der Waals surface area contributed by atoms with Crippen LogP contribution in [0.25, 0.3) is 11.1 Å². The normalized spacial score (nSPS) is 13.5. The minimum atomic E-state index is -4.04. The molecule has 3 aromatic carbocycles. The van der Waals surface area contributed by atoms with Crippen molar-refractivity contribution in [3.63, 3.8) is 0 Å². The zero-order valence-corrected chi connectivity index (χ0v) is 19.7. The molecule has 4 rings (SSSR count). The Kier molecular flexibility index (Phi) is 6.35. The Morgan fingerprint density at radius 1 is 1.06 bits per heavy atom. The highest BCUT2D eigenvalue weighted by molar-refractivity contribution is 9.10. The van der Waals surface area contributed by atoms with Crippen LogP contribution >= 0.6 is 15.9 Å². The number of sulfone groups is 1. The maximum absolute atomic E-state index is 14.6. The monoisotopic (exact) mass is 517 g/mol. The Hall–Kier alpha value is -2.71. The third-order valence-electron chi connectivity index (χ3n) is 5.44. The average Bonchev–Trinajstić information content (AvgIpc) is 2.74. The molecule has 1 amide bonds. The second-order valence-corrected chi connectivity index (χ2v) is 10.4. The van der Waals surface area contributed by atoms with Crippen LogP contribution < -0.4 is 4.74 Å². The SMILES string of the molecule is COc1c(Br)cc(C(=O)N2CCC2)cc1S(=O)(=O)Cc1cc(-c2ccccc2)ccc1F. The fourth-order valence-corrected chi connectivity index (χ4v) is 5.92. The highest BCUT2D eigenvalue weighted by atomic mass is 79.9. The van der Waals surface area contributed by atoms with Gasteiger partial charge in [0.2, 0.25) is 0 Å². The predicted octanol–water partition coefficient (Wildman–Crippen LogP) is 5.08. The Balaban J connectivity index is 1.74. The van der Waals surface area contributed by atoms with Gasteiger partial charge in [0.25, 0.3) is 5.91 Å². The first-order valence-corrected chi connectivity index (χ1v) is 12.5. The zero-order valence-electron chi connectivity index (χ0n) is 17.3. The first kappa shape index (κ1) is 22.5. The molecule has 166 valence electrons. The van der Waals surface area contributed by atoms with Crippen LogP contribution in [0.2, 0.25) is 0 Å². The summed E-state index contributed by atoms with van der Waals surface area (Å²) in [7, 11) is -2.68. The van der Waals surface area contributed by atoms with E-state index in [0.29, 0.717) is 23.1 Å². The van der Waals surface area contributed by atoms with E-state index in [9.17, 15) is 17.6 Å². The van der Waals surface area contributed by atoms with Gasteiger partial charge in [0.05, 0.1) is 17.3 Å². The van der Waals surface area contributed by atoms with Gasteiger partial charge in [-0.25, -0.2) is 12.8 Å². The largest absolute Gasteiger partial charge is 0.494 e. The smallest absolute Gasteiger partial charge is 0.253 e. The van der Waals surface area contributed by atoms with Crippen LogP contribution in [0.3, 0.4) is 0 Å². The van der Waals surface area contributed by atoms with Crippen molar-refractivity contribution in [2.75, 3.05) is 20.2 Å². The summed E-state index contributed by atoms with van der Waals surface area (Å²) >= 11 is 3.32. The molecule has 1 aliphatic rings. The highest BCUT2D eigenvalue weighted by Crippen LogP contribution is 2.36. The molecule has 1 aliphatic heterocycles. The van der Waals surface area contributed by atoms with Crippen molar-refractivity contribution in [2.24, 2.45) is 0 Å². The number of rotatable bonds is 6. The van der Waals surface area contributed by atoms with Gasteiger partial charge < -0.3 is 9.64 Å². The summed E-state index contributed by atoms with van der Waals surface area (Å²) < 4.78 is 47.0. The molecule has 0 aliphatic carbocycles. The number of likely N-dealkylation sites (tertiary alicyclic amines) is 1. The van der Waals surface area contributed by atoms with Gasteiger partial charge in [-0.1, -0.05) is 36.4 Å². The lowest BCUT2D eigenvalue weighted by atomic mass is 10.0. The second-order valence-electron chi connectivity index (χ2n) is 7.57. The first-order chi connectivity index (χ1) is 15.3. The summed E-state index contributed by atoms with van der Waals surface area (Å²) in [5, 5.41) is 0. The fourth-order valence-electron chi connectivity index (χ4n) is 3.60. The van der Waals surface area contributed by atoms with Crippen molar-refractivity contribution in [2.45, 2.75) is 17.1 Å². The van der Waals surface area contributed by atoms with Gasteiger partial charge in [-0.3, -0.25) is 4.79 Å². The number of methoxy groups -OCH3 is 1. The van der Waals surface area contributed by atoms with Gasteiger partial charge in [0.15, 0.2) is 15.6 Å². The van der Waals surface area contributed by atoms with Crippen LogP contribution in [0.1, 0.15) is 22.3 Å². The van der Waals surface area contributed by atoms with Gasteiger partial charge in [0.1, 0.15) is 10.7 Å². The van der Waals surface area contributed by atoms with Crippen molar-refractivity contribution < 1.29 is 22.3 Å². The van der Waals surface area contributed by atoms with Crippen molar-refractivity contribution in [1.29, 1.82) is 0 Å². The Bertz CT molecular complexity index is 1270. The second kappa shape index (κ2) is 9.03. The van der Waals surface area contributed by atoms with E-state index in [4.69, 9.17) is 4.74 Å². The standard InChI is InChI=1S/C24H21BrFNO4S/c1-31-23-20(25)13-18(24(28)27-10-5-11-27)14-22(23)32(29,30)15-19-12-17(8-9-21(19)26)16-6-3-2-4-7-16/h2-4,6-9,12-14H,5,10-11,15H2,1H3. The first-order valence-electron chi connectivity index (χ1n) is 10.0. The van der Waals surface area contributed by atoms with Crippen LogP contribution in [0.15, 0.2) is 70.0 Å². The number of carbonyl (C=O) groups is 1. The Morgan fingerprint density at radius 3 is 2.41 bits per heavy atom. The van der Waals surface area contributed by atoms with E-state index in [1.807, 2.05) is 30.3 Å². The molecule has 0 radical (unpaired) electrons. The minimum absolute atomic E-state index is 0.0454. The van der Waals surface area contributed by atoms with Crippen LogP contribution in [0.4, 0.5) is 4.39 Å². The maximum atomic E-state index is 14.6. The molecule has 0 saturated carbocycles. The summed E-state index contributed by atoms with van der Waals surface area (Å²) in [5.74, 6) is -1.33. The molecule has 0 spiro atoms. The zero-order chi connectivity index (χ0) is 22.9. The molecule has 3 aromatic rings. The van der Waals surface area contributed by atoms with Crippen LogP contribution in [0.5, 0.6) is 5.75 Å². The number of benzene rings is 3. The average molecular weight is 518 g/mol. The van der Waals surface area contributed by atoms with E-state index in [1.165, 1.54) is 19.2 Å². The summed E-state index contributed by atoms with van der Waals surface area (Å²) in [4.78, 5) is 14.2. The molecular formula is C24H21BrFNO4S. The lowest BCUT2D eigenvalue weighted by molar-refractivity contribution is 0.0651. The Morgan fingerprint density at radius 2 is 1.78 bits per heavy atom. The number of hydrogen-bond acceptors (Lipinski definition) is 4. The molecule has 8 heteroatoms. The van der Waals surface area contributed by atoms with E-state index >= 15 is 0 Å². The van der Waals surface area contributed by atoms with Gasteiger partial charge >= 0.3 is 0 Å². The molecule has 1 heterocycles. The van der Waals surface area contributed by atoms with Gasteiger partial charge in [0, 0.05) is 24.2 Å². The molecule has 0 unspecified atom stereocenters. The van der Waals surface area contributed by atoms with Gasteiger partial charge in [-0.2, -0.15) is 0 Å². The fraction of sp³-hybridized carbons (Fsp3) is 0.208. The van der Waals surface area contributed by atoms with E-state index in [-0.39, 0.29) is 27.7 Å². The Labute approximate surface area is 194 Å². The third kappa shape index (κ3) is 4.42. The molecule has 0 bridgehead atoms. The number of hydrogen-bond donors (Lipinski definition) is 0. The van der Waals surface area contributed by atoms with Crippen molar-refractivity contribution in [1.82, 2.24) is 4.90 Å². The number of ether oxygens (including phenoxy) is 1. The van der Waals surface area contributed by atoms with E-state index < -0.39 is 21.4 Å². The molecule has 0 aromatic heterocycles. The topological polar surface area (TPSA) is 63.7 Å². The summed E-state index contributed by atoms with van der Waals surface area (Å²) in [6.07, 6.45) is 0.922. The number of halogens is 2. The molecule has 0 atom stereocenters. The van der Waals surface area contributed by atoms with Crippen LogP contribution in [-0.4, -0.2) is 39.4 Å². The van der Waals surface area contributed by atoms with Crippen LogP contribution in [-0.2, 0) is 15.6 Å². The summed E-state index contributed by atoms with van der Waals surface area (Å²) in [6.45, 7) is 1.28. The third-order valence-corrected chi connectivity index (χ3v) is 7.69. The lowest BCUT2D eigenvalue weighted by Crippen LogP contribution is -2.42. The van der Waals surface area contributed by atoms with Crippen molar-refractivity contribution in [3.05, 3.63) is 82.1 Å². The van der Waals surface area contributed by atoms with E-state index in [1.54, 1.807) is 23.1 Å². The van der Waals surface area contributed by atoms with Crippen LogP contribution in [0, 0.1) is 5.82 Å². The molecule has 1 saturated heterocycles. The van der Waals surface area contributed by atoms with Crippen molar-refractivity contribution >= 4 is 31.7 Å². The number of nitrogens with zero attached hydrogens (tertiary/aromatic N) is 1. The predicted molar refractivity (Wildman–Crippen MR) is 124 cm³/mol. The summed E-state index contributed by atoms with van der Waals surface area (Å²) in [5.41, 5.74) is 1.86. The number of carbonyl (C=O) groups excluding carboxylic acids is 1. The number of amides is 1. The minimum Gasteiger partial charge on any atom is -0.494 e. The molecule has 1 fully saturated rings. The molecule has 0 N–H and O–H groups in total. The van der Waals surface area contributed by atoms with Gasteiger partial charge in [-0.15, -0.1) is 0 Å².